The molecule has 1 heterocycles. The van der Waals surface area contributed by atoms with Crippen molar-refractivity contribution in [3.8, 4) is 0 Å². The van der Waals surface area contributed by atoms with Gasteiger partial charge < -0.3 is 15.4 Å². The molecular weight excluding hydrogens is 346 g/mol. The predicted octanol–water partition coefficient (Wildman–Crippen LogP) is 3.27. The number of rotatable bonds is 6. The quantitative estimate of drug-likeness (QED) is 0.464. The van der Waals surface area contributed by atoms with Gasteiger partial charge in [-0.2, -0.15) is 0 Å². The molecule has 1 aliphatic rings. The minimum absolute atomic E-state index is 0.134. The number of nitro benzene ring substituents is 1. The number of benzene rings is 1. The monoisotopic (exact) mass is 361 g/mol. The van der Waals surface area contributed by atoms with Crippen molar-refractivity contribution in [1.29, 1.82) is 0 Å². The Morgan fingerprint density at radius 3 is 2.68 bits per heavy atom. The Bertz CT molecular complexity index is 844. The number of nitrogens with zero attached hydrogens (tertiary/aromatic N) is 1. The van der Waals surface area contributed by atoms with Crippen LogP contribution in [0.5, 0.6) is 0 Å². The van der Waals surface area contributed by atoms with Gasteiger partial charge in [-0.3, -0.25) is 14.9 Å². The average Bonchev–Trinajstić information content (AvgIpc) is 3.30. The molecule has 0 atom stereocenters. The predicted molar refractivity (Wildman–Crippen MR) is 93.4 cm³/mol. The van der Waals surface area contributed by atoms with Crippen molar-refractivity contribution in [2.45, 2.75) is 18.9 Å². The highest BCUT2D eigenvalue weighted by atomic mass is 32.1. The Kier molecular flexibility index (Phi) is 4.66. The van der Waals surface area contributed by atoms with Crippen molar-refractivity contribution in [1.82, 2.24) is 0 Å². The second kappa shape index (κ2) is 6.89. The minimum Gasteiger partial charge on any atom is -0.465 e. The maximum atomic E-state index is 12.4. The summed E-state index contributed by atoms with van der Waals surface area (Å²) in [7, 11) is 1.25. The van der Waals surface area contributed by atoms with Crippen molar-refractivity contribution in [3.63, 3.8) is 0 Å². The normalized spacial score (nSPS) is 13.2. The highest BCUT2D eigenvalue weighted by Crippen LogP contribution is 2.32. The number of hydrogen-bond acceptors (Lipinski definition) is 7. The zero-order valence-electron chi connectivity index (χ0n) is 13.3. The summed E-state index contributed by atoms with van der Waals surface area (Å²) in [4.78, 5) is 35.1. The van der Waals surface area contributed by atoms with Crippen LogP contribution < -0.4 is 10.6 Å². The van der Waals surface area contributed by atoms with Gasteiger partial charge in [0.25, 0.3) is 11.6 Å². The fourth-order valence-electron chi connectivity index (χ4n) is 2.25. The van der Waals surface area contributed by atoms with Gasteiger partial charge in [-0.05, 0) is 36.4 Å². The molecule has 0 unspecified atom stereocenters. The number of esters is 1. The van der Waals surface area contributed by atoms with E-state index in [9.17, 15) is 19.7 Å². The van der Waals surface area contributed by atoms with E-state index in [1.807, 2.05) is 0 Å². The summed E-state index contributed by atoms with van der Waals surface area (Å²) in [5.41, 5.74) is 0.688. The Morgan fingerprint density at radius 2 is 2.04 bits per heavy atom. The lowest BCUT2D eigenvalue weighted by molar-refractivity contribution is -0.384. The standard InChI is InChI=1S/C16H15N3O5S/c1-24-16(21)14-12(6-7-25-14)18-15(20)9-2-5-11(17-10-3-4-10)13(8-9)19(22)23/h2,5-8,10,17H,3-4H2,1H3,(H,18,20). The molecule has 0 bridgehead atoms. The third kappa shape index (κ3) is 3.77. The number of ether oxygens (including phenoxy) is 1. The number of anilines is 2. The second-order valence-corrected chi connectivity index (χ2v) is 6.43. The molecular formula is C16H15N3O5S. The van der Waals surface area contributed by atoms with Crippen molar-refractivity contribution in [3.05, 3.63) is 50.2 Å². The maximum absolute atomic E-state index is 12.4. The van der Waals surface area contributed by atoms with E-state index in [1.165, 1.54) is 25.3 Å². The van der Waals surface area contributed by atoms with E-state index < -0.39 is 16.8 Å². The molecule has 9 heteroatoms. The van der Waals surface area contributed by atoms with Crippen LogP contribution in [0.1, 0.15) is 32.9 Å². The zero-order valence-corrected chi connectivity index (χ0v) is 14.1. The van der Waals surface area contributed by atoms with Crippen LogP contribution in [0.3, 0.4) is 0 Å². The smallest absolute Gasteiger partial charge is 0.350 e. The molecule has 1 aromatic heterocycles. The first-order valence-electron chi connectivity index (χ1n) is 7.51. The van der Waals surface area contributed by atoms with E-state index >= 15 is 0 Å². The van der Waals surface area contributed by atoms with E-state index in [4.69, 9.17) is 0 Å². The topological polar surface area (TPSA) is 111 Å². The molecule has 1 amide bonds. The molecule has 0 saturated heterocycles. The Morgan fingerprint density at radius 1 is 1.28 bits per heavy atom. The van der Waals surface area contributed by atoms with Gasteiger partial charge >= 0.3 is 5.97 Å². The Balaban J connectivity index is 1.82. The number of carbonyl (C=O) groups excluding carboxylic acids is 2. The van der Waals surface area contributed by atoms with Gasteiger partial charge in [0.15, 0.2) is 0 Å². The molecule has 3 rings (SSSR count). The summed E-state index contributed by atoms with van der Waals surface area (Å²) in [6.45, 7) is 0. The van der Waals surface area contributed by atoms with Crippen LogP contribution in [0.25, 0.3) is 0 Å². The fraction of sp³-hybridized carbons (Fsp3) is 0.250. The third-order valence-corrected chi connectivity index (χ3v) is 4.57. The van der Waals surface area contributed by atoms with E-state index in [-0.39, 0.29) is 22.2 Å². The van der Waals surface area contributed by atoms with E-state index in [0.717, 1.165) is 24.2 Å². The van der Waals surface area contributed by atoms with Gasteiger partial charge in [-0.1, -0.05) is 0 Å². The third-order valence-electron chi connectivity index (χ3n) is 3.68. The van der Waals surface area contributed by atoms with Crippen LogP contribution in [-0.2, 0) is 4.74 Å². The van der Waals surface area contributed by atoms with Gasteiger partial charge in [-0.25, -0.2) is 4.79 Å². The summed E-state index contributed by atoms with van der Waals surface area (Å²) < 4.78 is 4.65. The number of nitrogens with one attached hydrogen (secondary N) is 2. The van der Waals surface area contributed by atoms with Crippen LogP contribution in [0.4, 0.5) is 17.1 Å². The zero-order chi connectivity index (χ0) is 18.0. The highest BCUT2D eigenvalue weighted by molar-refractivity contribution is 7.12. The first kappa shape index (κ1) is 16.9. The SMILES string of the molecule is COC(=O)c1sccc1NC(=O)c1ccc(NC2CC2)c([N+](=O)[O-])c1. The van der Waals surface area contributed by atoms with Crippen LogP contribution in [0.15, 0.2) is 29.6 Å². The number of methoxy groups -OCH3 is 1. The summed E-state index contributed by atoms with van der Waals surface area (Å²) in [5.74, 6) is -1.09. The Hall–Kier alpha value is -2.94. The van der Waals surface area contributed by atoms with Crippen LogP contribution in [0, 0.1) is 10.1 Å². The molecule has 2 N–H and O–H groups in total. The lowest BCUT2D eigenvalue weighted by Gasteiger charge is -2.09. The van der Waals surface area contributed by atoms with Crippen LogP contribution in [-0.4, -0.2) is 30.0 Å². The summed E-state index contributed by atoms with van der Waals surface area (Å²) in [6.07, 6.45) is 1.96. The number of amides is 1. The molecule has 0 spiro atoms. The summed E-state index contributed by atoms with van der Waals surface area (Å²) >= 11 is 1.14. The number of nitro groups is 1. The average molecular weight is 361 g/mol. The maximum Gasteiger partial charge on any atom is 0.350 e. The Labute approximate surface area is 147 Å². The van der Waals surface area contributed by atoms with Crippen molar-refractivity contribution in [2.75, 3.05) is 17.7 Å². The van der Waals surface area contributed by atoms with Gasteiger partial charge in [0.1, 0.15) is 10.6 Å². The molecule has 2 aromatic rings. The highest BCUT2D eigenvalue weighted by Gasteiger charge is 2.26. The molecule has 1 aromatic carbocycles. The van der Waals surface area contributed by atoms with Gasteiger partial charge in [0, 0.05) is 17.7 Å². The molecule has 130 valence electrons. The minimum atomic E-state index is -0.555. The van der Waals surface area contributed by atoms with Crippen molar-refractivity contribution < 1.29 is 19.2 Å². The summed E-state index contributed by atoms with van der Waals surface area (Å²) in [6, 6.07) is 6.10. The van der Waals surface area contributed by atoms with Crippen molar-refractivity contribution >= 4 is 40.3 Å². The van der Waals surface area contributed by atoms with Gasteiger partial charge in [-0.15, -0.1) is 11.3 Å². The van der Waals surface area contributed by atoms with E-state index in [0.29, 0.717) is 11.4 Å². The lowest BCUT2D eigenvalue weighted by atomic mass is 10.1. The van der Waals surface area contributed by atoms with E-state index in [2.05, 4.69) is 15.4 Å². The summed E-state index contributed by atoms with van der Waals surface area (Å²) in [5, 5.41) is 18.6. The molecule has 0 aliphatic heterocycles. The van der Waals surface area contributed by atoms with Crippen molar-refractivity contribution in [2.24, 2.45) is 0 Å². The number of carbonyl (C=O) groups is 2. The second-order valence-electron chi connectivity index (χ2n) is 5.52. The lowest BCUT2D eigenvalue weighted by Crippen LogP contribution is -2.14. The molecule has 25 heavy (non-hydrogen) atoms. The molecule has 1 aliphatic carbocycles. The first-order valence-corrected chi connectivity index (χ1v) is 8.39. The molecule has 1 saturated carbocycles. The van der Waals surface area contributed by atoms with Gasteiger partial charge in [0.05, 0.1) is 17.7 Å². The largest absolute Gasteiger partial charge is 0.465 e. The van der Waals surface area contributed by atoms with E-state index in [1.54, 1.807) is 11.4 Å². The fourth-order valence-corrected chi connectivity index (χ4v) is 3.01. The molecule has 8 nitrogen and oxygen atoms in total. The van der Waals surface area contributed by atoms with Crippen LogP contribution in [0.2, 0.25) is 0 Å². The number of thiophene rings is 1. The van der Waals surface area contributed by atoms with Crippen LogP contribution >= 0.6 is 11.3 Å². The van der Waals surface area contributed by atoms with Gasteiger partial charge in [0.2, 0.25) is 0 Å². The number of hydrogen-bond donors (Lipinski definition) is 2. The molecule has 0 radical (unpaired) electrons. The molecule has 1 fully saturated rings. The first-order chi connectivity index (χ1) is 12.0.